The summed E-state index contributed by atoms with van der Waals surface area (Å²) in [6.45, 7) is 2.19. The zero-order valence-electron chi connectivity index (χ0n) is 11.4. The molecule has 0 fully saturated rings. The molecule has 0 aliphatic rings. The molecule has 0 saturated carbocycles. The Morgan fingerprint density at radius 2 is 1.47 bits per heavy atom. The third-order valence-corrected chi connectivity index (χ3v) is 6.28. The first kappa shape index (κ1) is 17.2. The normalized spacial score (nSPS) is 13.9. The van der Waals surface area contributed by atoms with Crippen LogP contribution >= 0.6 is 10.3 Å². The molecule has 0 rings (SSSR count). The summed E-state index contributed by atoms with van der Waals surface area (Å²) in [6, 6.07) is 0. The van der Waals surface area contributed by atoms with Crippen LogP contribution < -0.4 is 0 Å². The summed E-state index contributed by atoms with van der Waals surface area (Å²) >= 11 is 0. The van der Waals surface area contributed by atoms with Crippen LogP contribution in [0.5, 0.6) is 0 Å². The zero-order chi connectivity index (χ0) is 13.4. The van der Waals surface area contributed by atoms with E-state index in [1.54, 1.807) is 0 Å². The van der Waals surface area contributed by atoms with Gasteiger partial charge in [0.1, 0.15) is 0 Å². The van der Waals surface area contributed by atoms with Crippen molar-refractivity contribution in [2.24, 2.45) is 0 Å². The lowest BCUT2D eigenvalue weighted by Crippen LogP contribution is -2.13. The van der Waals surface area contributed by atoms with Gasteiger partial charge in [0.15, 0.2) is 0 Å². The van der Waals surface area contributed by atoms with Crippen LogP contribution in [0.15, 0.2) is 0 Å². The average Bonchev–Trinajstić information content (AvgIpc) is 2.22. The van der Waals surface area contributed by atoms with Crippen molar-refractivity contribution in [1.29, 1.82) is 0 Å². The van der Waals surface area contributed by atoms with Crippen LogP contribution in [0.2, 0.25) is 0 Å². The molecule has 0 radical (unpaired) electrons. The summed E-state index contributed by atoms with van der Waals surface area (Å²) in [6.07, 6.45) is 10.9. The second-order valence-electron chi connectivity index (χ2n) is 4.55. The van der Waals surface area contributed by atoms with Crippen molar-refractivity contribution in [2.75, 3.05) is 25.4 Å². The Hall–Kier alpha value is 0.220. The topological polar surface area (TPSA) is 52.6 Å². The highest BCUT2D eigenvalue weighted by molar-refractivity contribution is 8.31. The Labute approximate surface area is 108 Å². The van der Waals surface area contributed by atoms with E-state index in [4.69, 9.17) is 3.63 Å². The summed E-state index contributed by atoms with van der Waals surface area (Å²) < 4.78 is 31.7. The molecule has 17 heavy (non-hydrogen) atoms. The van der Waals surface area contributed by atoms with Gasteiger partial charge in [0.25, 0.3) is 0 Å². The lowest BCUT2D eigenvalue weighted by Gasteiger charge is -2.28. The highest BCUT2D eigenvalue weighted by Gasteiger charge is 2.21. The molecule has 0 heterocycles. The summed E-state index contributed by atoms with van der Waals surface area (Å²) in [5.41, 5.74) is 0. The maximum absolute atomic E-state index is 11.2. The van der Waals surface area contributed by atoms with E-state index in [2.05, 4.69) is 11.1 Å². The fourth-order valence-electron chi connectivity index (χ4n) is 1.52. The van der Waals surface area contributed by atoms with E-state index < -0.39 is 20.7 Å². The van der Waals surface area contributed by atoms with Crippen molar-refractivity contribution in [1.82, 2.24) is 0 Å². The lowest BCUT2D eigenvalue weighted by molar-refractivity contribution is 0.340. The van der Waals surface area contributed by atoms with E-state index >= 15 is 0 Å². The van der Waals surface area contributed by atoms with Crippen LogP contribution in [0.4, 0.5) is 0 Å². The van der Waals surface area contributed by atoms with Gasteiger partial charge in [0.2, 0.25) is 0 Å². The highest BCUT2D eigenvalue weighted by atomic mass is 32.3. The van der Waals surface area contributed by atoms with E-state index in [0.717, 1.165) is 25.7 Å². The van der Waals surface area contributed by atoms with Gasteiger partial charge in [0.05, 0.1) is 7.11 Å². The molecule has 0 aromatic heterocycles. The zero-order valence-corrected chi connectivity index (χ0v) is 13.0. The van der Waals surface area contributed by atoms with Gasteiger partial charge in [-0.2, -0.15) is 12.0 Å². The summed E-state index contributed by atoms with van der Waals surface area (Å²) in [5, 5.41) is 0. The molecule has 0 bridgehead atoms. The van der Waals surface area contributed by atoms with E-state index in [1.165, 1.54) is 25.7 Å². The Bertz CT molecular complexity index is 286. The van der Waals surface area contributed by atoms with Crippen molar-refractivity contribution >= 4 is 20.7 Å². The second-order valence-corrected chi connectivity index (χ2v) is 9.53. The van der Waals surface area contributed by atoms with Crippen LogP contribution in [-0.2, 0) is 18.2 Å². The Morgan fingerprint density at radius 3 is 2.00 bits per heavy atom. The van der Waals surface area contributed by atoms with Crippen molar-refractivity contribution in [2.45, 2.75) is 45.4 Å². The molecule has 0 aromatic carbocycles. The quantitative estimate of drug-likeness (QED) is 0.579. The molecule has 0 atom stereocenters. The van der Waals surface area contributed by atoms with Gasteiger partial charge in [-0.15, -0.1) is 10.3 Å². The summed E-state index contributed by atoms with van der Waals surface area (Å²) in [5.74, 6) is 0.807. The number of hydrogen-bond donors (Lipinski definition) is 0. The molecule has 0 saturated heterocycles. The van der Waals surface area contributed by atoms with Crippen LogP contribution in [0.25, 0.3) is 0 Å². The fourth-order valence-corrected chi connectivity index (χ4v) is 4.72. The number of unbranched alkanes of at least 4 members (excludes halogenated alkanes) is 5. The van der Waals surface area contributed by atoms with Gasteiger partial charge in [-0.3, -0.25) is 4.18 Å². The third-order valence-electron chi connectivity index (χ3n) is 2.46. The SMILES string of the molecule is CCCCCCCCS(C)(C)OS(=O)(=O)OC. The standard InChI is InChI=1S/C11H26O4S2/c1-5-6-7-8-9-10-11-16(3,4)15-17(12,13)14-2/h5-11H2,1-4H3. The first-order valence-electron chi connectivity index (χ1n) is 6.05. The lowest BCUT2D eigenvalue weighted by atomic mass is 10.1. The van der Waals surface area contributed by atoms with Gasteiger partial charge in [-0.1, -0.05) is 39.0 Å². The molecule has 106 valence electrons. The van der Waals surface area contributed by atoms with Crippen LogP contribution in [0.1, 0.15) is 45.4 Å². The highest BCUT2D eigenvalue weighted by Crippen LogP contribution is 2.44. The molecule has 0 spiro atoms. The first-order valence-corrected chi connectivity index (χ1v) is 9.93. The minimum Gasteiger partial charge on any atom is -0.251 e. The molecule has 0 unspecified atom stereocenters. The van der Waals surface area contributed by atoms with Gasteiger partial charge < -0.3 is 0 Å². The molecule has 0 N–H and O–H groups in total. The summed E-state index contributed by atoms with van der Waals surface area (Å²) in [4.78, 5) is 0. The fraction of sp³-hybridized carbons (Fsp3) is 1.00. The predicted octanol–water partition coefficient (Wildman–Crippen LogP) is 3.23. The summed E-state index contributed by atoms with van der Waals surface area (Å²) in [7, 11) is -4.23. The Morgan fingerprint density at radius 1 is 0.941 bits per heavy atom. The van der Waals surface area contributed by atoms with Crippen molar-refractivity contribution in [3.63, 3.8) is 0 Å². The van der Waals surface area contributed by atoms with Crippen LogP contribution in [-0.4, -0.2) is 33.8 Å². The van der Waals surface area contributed by atoms with Gasteiger partial charge in [0, 0.05) is 0 Å². The predicted molar refractivity (Wildman–Crippen MR) is 74.7 cm³/mol. The average molecular weight is 286 g/mol. The maximum Gasteiger partial charge on any atom is 0.409 e. The Balaban J connectivity index is 3.79. The molecule has 4 nitrogen and oxygen atoms in total. The van der Waals surface area contributed by atoms with Crippen LogP contribution in [0, 0.1) is 0 Å². The second kappa shape index (κ2) is 8.34. The number of hydrogen-bond acceptors (Lipinski definition) is 4. The first-order chi connectivity index (χ1) is 7.83. The van der Waals surface area contributed by atoms with Gasteiger partial charge in [-0.05, 0) is 24.7 Å². The van der Waals surface area contributed by atoms with Crippen molar-refractivity contribution in [3.8, 4) is 0 Å². The molecule has 6 heteroatoms. The number of rotatable bonds is 10. The van der Waals surface area contributed by atoms with Crippen molar-refractivity contribution in [3.05, 3.63) is 0 Å². The largest absolute Gasteiger partial charge is 0.409 e. The van der Waals surface area contributed by atoms with E-state index in [9.17, 15) is 8.42 Å². The minimum absolute atomic E-state index is 0.807. The Kier molecular flexibility index (Phi) is 8.45. The van der Waals surface area contributed by atoms with E-state index in [-0.39, 0.29) is 0 Å². The third kappa shape index (κ3) is 9.88. The molecular formula is C11H26O4S2. The maximum atomic E-state index is 11.2. The molecule has 0 aliphatic carbocycles. The van der Waals surface area contributed by atoms with Crippen LogP contribution in [0.3, 0.4) is 0 Å². The molecule has 0 aliphatic heterocycles. The van der Waals surface area contributed by atoms with Gasteiger partial charge in [-0.25, -0.2) is 0 Å². The minimum atomic E-state index is -3.79. The smallest absolute Gasteiger partial charge is 0.251 e. The molecular weight excluding hydrogens is 260 g/mol. The molecule has 0 amide bonds. The van der Waals surface area contributed by atoms with Gasteiger partial charge >= 0.3 is 10.4 Å². The van der Waals surface area contributed by atoms with E-state index in [0.29, 0.717) is 0 Å². The monoisotopic (exact) mass is 286 g/mol. The molecule has 0 aromatic rings. The van der Waals surface area contributed by atoms with E-state index in [1.807, 2.05) is 12.5 Å². The van der Waals surface area contributed by atoms with Crippen molar-refractivity contribution < 1.29 is 16.2 Å².